The van der Waals surface area contributed by atoms with Crippen LogP contribution in [0.1, 0.15) is 23.6 Å². The first-order chi connectivity index (χ1) is 9.15. The lowest BCUT2D eigenvalue weighted by Crippen LogP contribution is -2.52. The van der Waals surface area contributed by atoms with Gasteiger partial charge in [-0.25, -0.2) is 4.39 Å². The standard InChI is InChI=1S/C14H17BrFNO2/c15-10-2-3-11(16)9-1-4-12(13(9)10)17-5-14(6-18)7-19-8-14/h2-3,12,17-18H,1,4-8H2. The Balaban J connectivity index is 1.74. The van der Waals surface area contributed by atoms with Crippen molar-refractivity contribution in [1.82, 2.24) is 5.32 Å². The van der Waals surface area contributed by atoms with E-state index in [4.69, 9.17) is 4.74 Å². The minimum Gasteiger partial charge on any atom is -0.396 e. The van der Waals surface area contributed by atoms with Gasteiger partial charge in [-0.3, -0.25) is 0 Å². The molecule has 2 aliphatic rings. The van der Waals surface area contributed by atoms with Crippen LogP contribution in [0, 0.1) is 11.2 Å². The molecule has 1 aromatic carbocycles. The van der Waals surface area contributed by atoms with Crippen LogP contribution in [0.3, 0.4) is 0 Å². The molecule has 5 heteroatoms. The Hall–Kier alpha value is -0.490. The van der Waals surface area contributed by atoms with Crippen LogP contribution in [0.4, 0.5) is 4.39 Å². The van der Waals surface area contributed by atoms with Crippen LogP contribution in [-0.2, 0) is 11.2 Å². The fourth-order valence-electron chi connectivity index (χ4n) is 2.86. The lowest BCUT2D eigenvalue weighted by Gasteiger charge is -2.40. The highest BCUT2D eigenvalue weighted by atomic mass is 79.9. The number of halogens is 2. The Morgan fingerprint density at radius 3 is 2.89 bits per heavy atom. The van der Waals surface area contributed by atoms with Gasteiger partial charge in [0.25, 0.3) is 0 Å². The summed E-state index contributed by atoms with van der Waals surface area (Å²) >= 11 is 3.51. The number of hydrogen-bond acceptors (Lipinski definition) is 3. The van der Waals surface area contributed by atoms with Crippen LogP contribution in [0.5, 0.6) is 0 Å². The lowest BCUT2D eigenvalue weighted by molar-refractivity contribution is -0.135. The maximum atomic E-state index is 13.8. The molecule has 1 fully saturated rings. The number of benzene rings is 1. The highest BCUT2D eigenvalue weighted by Gasteiger charge is 2.39. The van der Waals surface area contributed by atoms with Crippen LogP contribution in [0.15, 0.2) is 16.6 Å². The summed E-state index contributed by atoms with van der Waals surface area (Å²) < 4.78 is 19.9. The van der Waals surface area contributed by atoms with Gasteiger partial charge in [-0.15, -0.1) is 0 Å². The number of hydrogen-bond donors (Lipinski definition) is 2. The zero-order valence-electron chi connectivity index (χ0n) is 10.6. The predicted molar refractivity (Wildman–Crippen MR) is 73.5 cm³/mol. The molecule has 1 unspecified atom stereocenters. The molecule has 1 aliphatic heterocycles. The van der Waals surface area contributed by atoms with Crippen molar-refractivity contribution in [3.8, 4) is 0 Å². The molecule has 104 valence electrons. The van der Waals surface area contributed by atoms with Gasteiger partial charge in [0.05, 0.1) is 25.2 Å². The first-order valence-electron chi connectivity index (χ1n) is 6.54. The SMILES string of the molecule is OCC1(CNC2CCc3c(F)ccc(Br)c32)COC1. The molecule has 0 radical (unpaired) electrons. The zero-order valence-corrected chi connectivity index (χ0v) is 12.2. The largest absolute Gasteiger partial charge is 0.396 e. The monoisotopic (exact) mass is 329 g/mol. The molecular weight excluding hydrogens is 313 g/mol. The van der Waals surface area contributed by atoms with Gasteiger partial charge in [0.1, 0.15) is 5.82 Å². The van der Waals surface area contributed by atoms with E-state index in [1.54, 1.807) is 6.07 Å². The normalized spacial score (nSPS) is 24.1. The molecular formula is C14H17BrFNO2. The number of rotatable bonds is 4. The van der Waals surface area contributed by atoms with Gasteiger partial charge in [0.15, 0.2) is 0 Å². The van der Waals surface area contributed by atoms with E-state index in [0.717, 1.165) is 28.4 Å². The Kier molecular flexibility index (Phi) is 3.64. The van der Waals surface area contributed by atoms with Gasteiger partial charge in [-0.05, 0) is 36.1 Å². The minimum absolute atomic E-state index is 0.119. The maximum Gasteiger partial charge on any atom is 0.126 e. The van der Waals surface area contributed by atoms with E-state index < -0.39 is 0 Å². The fourth-order valence-corrected chi connectivity index (χ4v) is 3.50. The van der Waals surface area contributed by atoms with E-state index in [1.165, 1.54) is 6.07 Å². The second kappa shape index (κ2) is 5.13. The highest BCUT2D eigenvalue weighted by Crippen LogP contribution is 2.38. The highest BCUT2D eigenvalue weighted by molar-refractivity contribution is 9.10. The van der Waals surface area contributed by atoms with Gasteiger partial charge in [-0.1, -0.05) is 15.9 Å². The van der Waals surface area contributed by atoms with E-state index in [1.807, 2.05) is 0 Å². The second-order valence-electron chi connectivity index (χ2n) is 5.54. The molecule has 1 atom stereocenters. The molecule has 0 aromatic heterocycles. The van der Waals surface area contributed by atoms with E-state index in [-0.39, 0.29) is 23.9 Å². The topological polar surface area (TPSA) is 41.5 Å². The van der Waals surface area contributed by atoms with Crippen LogP contribution in [0.2, 0.25) is 0 Å². The molecule has 0 saturated carbocycles. The summed E-state index contributed by atoms with van der Waals surface area (Å²) in [4.78, 5) is 0. The summed E-state index contributed by atoms with van der Waals surface area (Å²) in [6.07, 6.45) is 1.66. The number of fused-ring (bicyclic) bond motifs is 1. The molecule has 0 spiro atoms. The third-order valence-electron chi connectivity index (χ3n) is 4.15. The van der Waals surface area contributed by atoms with Gasteiger partial charge in [0, 0.05) is 17.1 Å². The number of aliphatic hydroxyl groups excluding tert-OH is 1. The van der Waals surface area contributed by atoms with Crippen LogP contribution >= 0.6 is 15.9 Å². The van der Waals surface area contributed by atoms with Crippen molar-refractivity contribution >= 4 is 15.9 Å². The molecule has 2 N–H and O–H groups in total. The van der Waals surface area contributed by atoms with Crippen molar-refractivity contribution in [2.75, 3.05) is 26.4 Å². The maximum absolute atomic E-state index is 13.8. The zero-order chi connectivity index (χ0) is 13.5. The van der Waals surface area contributed by atoms with E-state index in [0.29, 0.717) is 19.8 Å². The van der Waals surface area contributed by atoms with E-state index in [9.17, 15) is 9.50 Å². The van der Waals surface area contributed by atoms with Crippen molar-refractivity contribution in [3.05, 3.63) is 33.5 Å². The van der Waals surface area contributed by atoms with Gasteiger partial charge >= 0.3 is 0 Å². The molecule has 1 saturated heterocycles. The second-order valence-corrected chi connectivity index (χ2v) is 6.40. The number of aliphatic hydroxyl groups is 1. The van der Waals surface area contributed by atoms with Crippen molar-refractivity contribution in [3.63, 3.8) is 0 Å². The number of ether oxygens (including phenoxy) is 1. The van der Waals surface area contributed by atoms with Gasteiger partial charge < -0.3 is 15.2 Å². The molecule has 0 bridgehead atoms. The average molecular weight is 330 g/mol. The first kappa shape index (κ1) is 13.5. The average Bonchev–Trinajstić information content (AvgIpc) is 2.79. The molecule has 1 aromatic rings. The summed E-state index contributed by atoms with van der Waals surface area (Å²) in [5, 5.41) is 12.9. The third kappa shape index (κ3) is 2.33. The predicted octanol–water partition coefficient (Wildman–Crippen LogP) is 2.17. The van der Waals surface area contributed by atoms with Crippen LogP contribution in [-0.4, -0.2) is 31.5 Å². The fraction of sp³-hybridized carbons (Fsp3) is 0.571. The van der Waals surface area contributed by atoms with Crippen molar-refractivity contribution in [2.45, 2.75) is 18.9 Å². The summed E-state index contributed by atoms with van der Waals surface area (Å²) in [5.74, 6) is -0.119. The molecule has 0 amide bonds. The van der Waals surface area contributed by atoms with Crippen molar-refractivity contribution < 1.29 is 14.2 Å². The smallest absolute Gasteiger partial charge is 0.126 e. The Morgan fingerprint density at radius 1 is 1.47 bits per heavy atom. The minimum atomic E-state index is -0.150. The van der Waals surface area contributed by atoms with Crippen LogP contribution in [0.25, 0.3) is 0 Å². The lowest BCUT2D eigenvalue weighted by atomic mass is 9.86. The molecule has 3 nitrogen and oxygen atoms in total. The van der Waals surface area contributed by atoms with Crippen LogP contribution < -0.4 is 5.32 Å². The number of nitrogens with one attached hydrogen (secondary N) is 1. The van der Waals surface area contributed by atoms with Crippen molar-refractivity contribution in [1.29, 1.82) is 0 Å². The Labute approximate surface area is 120 Å². The van der Waals surface area contributed by atoms with E-state index in [2.05, 4.69) is 21.2 Å². The molecule has 3 rings (SSSR count). The van der Waals surface area contributed by atoms with E-state index >= 15 is 0 Å². The molecule has 1 heterocycles. The summed E-state index contributed by atoms with van der Waals surface area (Å²) in [7, 11) is 0. The quantitative estimate of drug-likeness (QED) is 0.889. The summed E-state index contributed by atoms with van der Waals surface area (Å²) in [5.41, 5.74) is 1.70. The Bertz CT molecular complexity index is 485. The first-order valence-corrected chi connectivity index (χ1v) is 7.33. The molecule has 1 aliphatic carbocycles. The van der Waals surface area contributed by atoms with Crippen molar-refractivity contribution in [2.24, 2.45) is 5.41 Å². The third-order valence-corrected chi connectivity index (χ3v) is 4.85. The summed E-state index contributed by atoms with van der Waals surface area (Å²) in [6, 6.07) is 3.44. The summed E-state index contributed by atoms with van der Waals surface area (Å²) in [6.45, 7) is 2.03. The Morgan fingerprint density at radius 2 is 2.26 bits per heavy atom. The van der Waals surface area contributed by atoms with Gasteiger partial charge in [-0.2, -0.15) is 0 Å². The van der Waals surface area contributed by atoms with Gasteiger partial charge in [0.2, 0.25) is 0 Å². The molecule has 19 heavy (non-hydrogen) atoms.